The zero-order valence-electron chi connectivity index (χ0n) is 19.2. The van der Waals surface area contributed by atoms with Crippen molar-refractivity contribution in [2.24, 2.45) is 0 Å². The summed E-state index contributed by atoms with van der Waals surface area (Å²) in [6.07, 6.45) is 1.73. The maximum absolute atomic E-state index is 14.3. The highest BCUT2D eigenvalue weighted by atomic mass is 35.5. The highest BCUT2D eigenvalue weighted by molar-refractivity contribution is 7.23. The SMILES string of the molecule is Cc1ccc(Cl)c2sc(N(Cc3ccccn3)C(=O)c3cc(-c4cccs4)nc4ccccc34)nc12. The highest BCUT2D eigenvalue weighted by Crippen LogP contribution is 2.37. The molecule has 0 aliphatic carbocycles. The van der Waals surface area contributed by atoms with E-state index in [0.29, 0.717) is 15.7 Å². The van der Waals surface area contributed by atoms with Crippen molar-refractivity contribution in [3.05, 3.63) is 106 Å². The van der Waals surface area contributed by atoms with E-state index in [1.54, 1.807) is 22.4 Å². The lowest BCUT2D eigenvalue weighted by Gasteiger charge is -2.21. The third-order valence-corrected chi connectivity index (χ3v) is 8.36. The van der Waals surface area contributed by atoms with Crippen molar-refractivity contribution in [2.75, 3.05) is 4.90 Å². The first-order valence-electron chi connectivity index (χ1n) is 11.3. The summed E-state index contributed by atoms with van der Waals surface area (Å²) in [5, 5.41) is 4.01. The number of carbonyl (C=O) groups is 1. The molecule has 1 amide bonds. The maximum Gasteiger partial charge on any atom is 0.261 e. The average molecular weight is 527 g/mol. The highest BCUT2D eigenvalue weighted by Gasteiger charge is 2.26. The molecule has 6 aromatic rings. The van der Waals surface area contributed by atoms with Gasteiger partial charge in [-0.1, -0.05) is 59.3 Å². The molecule has 4 aromatic heterocycles. The van der Waals surface area contributed by atoms with Crippen LogP contribution in [-0.4, -0.2) is 20.9 Å². The number of benzene rings is 2. The second-order valence-corrected chi connectivity index (χ2v) is 10.6. The second-order valence-electron chi connectivity index (χ2n) is 8.30. The molecule has 2 aromatic carbocycles. The van der Waals surface area contributed by atoms with Gasteiger partial charge in [-0.05, 0) is 54.3 Å². The van der Waals surface area contributed by atoms with Gasteiger partial charge in [0.25, 0.3) is 5.91 Å². The van der Waals surface area contributed by atoms with Gasteiger partial charge in [-0.15, -0.1) is 11.3 Å². The summed E-state index contributed by atoms with van der Waals surface area (Å²) in [6, 6.07) is 23.1. The summed E-state index contributed by atoms with van der Waals surface area (Å²) in [5.74, 6) is -0.162. The fraction of sp³-hybridized carbons (Fsp3) is 0.0714. The molecule has 4 heterocycles. The number of rotatable bonds is 5. The molecule has 0 radical (unpaired) electrons. The Morgan fingerprint density at radius 1 is 1.00 bits per heavy atom. The minimum Gasteiger partial charge on any atom is -0.278 e. The number of fused-ring (bicyclic) bond motifs is 2. The first kappa shape index (κ1) is 22.8. The Morgan fingerprint density at radius 3 is 2.64 bits per heavy atom. The quantitative estimate of drug-likeness (QED) is 0.230. The van der Waals surface area contributed by atoms with Gasteiger partial charge in [-0.2, -0.15) is 0 Å². The minimum absolute atomic E-state index is 0.162. The molecule has 0 saturated heterocycles. The molecule has 36 heavy (non-hydrogen) atoms. The van der Waals surface area contributed by atoms with Crippen molar-refractivity contribution >= 4 is 66.4 Å². The van der Waals surface area contributed by atoms with Gasteiger partial charge < -0.3 is 0 Å². The fourth-order valence-electron chi connectivity index (χ4n) is 4.13. The van der Waals surface area contributed by atoms with Crippen LogP contribution in [0.4, 0.5) is 5.13 Å². The van der Waals surface area contributed by atoms with E-state index >= 15 is 0 Å². The van der Waals surface area contributed by atoms with Crippen LogP contribution < -0.4 is 4.90 Å². The number of hydrogen-bond acceptors (Lipinski definition) is 6. The summed E-state index contributed by atoms with van der Waals surface area (Å²) < 4.78 is 0.865. The largest absolute Gasteiger partial charge is 0.278 e. The van der Waals surface area contributed by atoms with Crippen LogP contribution in [0.15, 0.2) is 84.4 Å². The average Bonchev–Trinajstić information content (AvgIpc) is 3.61. The summed E-state index contributed by atoms with van der Waals surface area (Å²) >= 11 is 9.52. The molecule has 0 N–H and O–H groups in total. The Kier molecular flexibility index (Phi) is 5.97. The third-order valence-electron chi connectivity index (χ3n) is 5.93. The molecular weight excluding hydrogens is 508 g/mol. The van der Waals surface area contributed by atoms with Gasteiger partial charge >= 0.3 is 0 Å². The van der Waals surface area contributed by atoms with Crippen molar-refractivity contribution < 1.29 is 4.79 Å². The van der Waals surface area contributed by atoms with E-state index < -0.39 is 0 Å². The maximum atomic E-state index is 14.3. The number of para-hydroxylation sites is 1. The molecule has 0 spiro atoms. The van der Waals surface area contributed by atoms with Crippen LogP contribution in [0, 0.1) is 6.92 Å². The zero-order chi connectivity index (χ0) is 24.6. The molecule has 6 rings (SSSR count). The van der Waals surface area contributed by atoms with E-state index in [4.69, 9.17) is 21.6 Å². The summed E-state index contributed by atoms with van der Waals surface area (Å²) in [4.78, 5) is 31.2. The summed E-state index contributed by atoms with van der Waals surface area (Å²) in [7, 11) is 0. The number of aromatic nitrogens is 3. The van der Waals surface area contributed by atoms with Crippen molar-refractivity contribution in [1.82, 2.24) is 15.0 Å². The van der Waals surface area contributed by atoms with Gasteiger partial charge in [0.15, 0.2) is 5.13 Å². The van der Waals surface area contributed by atoms with E-state index in [9.17, 15) is 4.79 Å². The number of carbonyl (C=O) groups excluding carboxylic acids is 1. The minimum atomic E-state index is -0.162. The number of thiophene rings is 1. The van der Waals surface area contributed by atoms with Crippen molar-refractivity contribution in [1.29, 1.82) is 0 Å². The van der Waals surface area contributed by atoms with Gasteiger partial charge in [0.1, 0.15) is 0 Å². The predicted octanol–water partition coefficient (Wildman–Crippen LogP) is 7.78. The van der Waals surface area contributed by atoms with Crippen LogP contribution >= 0.6 is 34.3 Å². The van der Waals surface area contributed by atoms with Gasteiger partial charge in [0, 0.05) is 11.6 Å². The molecular formula is C28H19ClN4OS2. The van der Waals surface area contributed by atoms with Crippen molar-refractivity contribution in [2.45, 2.75) is 13.5 Å². The Morgan fingerprint density at radius 2 is 1.86 bits per heavy atom. The van der Waals surface area contributed by atoms with Crippen LogP contribution in [0.25, 0.3) is 31.7 Å². The lowest BCUT2D eigenvalue weighted by Crippen LogP contribution is -2.31. The second kappa shape index (κ2) is 9.43. The summed E-state index contributed by atoms with van der Waals surface area (Å²) in [5.41, 5.74) is 4.70. The number of amides is 1. The Hall–Kier alpha value is -3.65. The first-order valence-corrected chi connectivity index (χ1v) is 13.4. The Labute approximate surface area is 220 Å². The molecule has 5 nitrogen and oxygen atoms in total. The van der Waals surface area contributed by atoms with E-state index in [2.05, 4.69) is 4.98 Å². The van der Waals surface area contributed by atoms with Crippen molar-refractivity contribution in [3.63, 3.8) is 0 Å². The monoisotopic (exact) mass is 526 g/mol. The number of pyridine rings is 2. The van der Waals surface area contributed by atoms with Gasteiger partial charge in [-0.3, -0.25) is 14.7 Å². The lowest BCUT2D eigenvalue weighted by molar-refractivity contribution is 0.0986. The fourth-order valence-corrected chi connectivity index (χ4v) is 6.13. The number of anilines is 1. The number of thiazole rings is 1. The molecule has 0 fully saturated rings. The predicted molar refractivity (Wildman–Crippen MR) is 149 cm³/mol. The van der Waals surface area contributed by atoms with E-state index in [1.165, 1.54) is 11.3 Å². The van der Waals surface area contributed by atoms with Crippen molar-refractivity contribution in [3.8, 4) is 10.6 Å². The Bertz CT molecular complexity index is 1680. The number of hydrogen-bond donors (Lipinski definition) is 0. The molecule has 0 aliphatic heterocycles. The van der Waals surface area contributed by atoms with Crippen LogP contribution in [0.2, 0.25) is 5.02 Å². The topological polar surface area (TPSA) is 59.0 Å². The summed E-state index contributed by atoms with van der Waals surface area (Å²) in [6.45, 7) is 2.28. The first-order chi connectivity index (χ1) is 17.6. The molecule has 0 aliphatic rings. The van der Waals surface area contributed by atoms with Gasteiger partial charge in [0.2, 0.25) is 0 Å². The van der Waals surface area contributed by atoms with Crippen LogP contribution in [0.5, 0.6) is 0 Å². The van der Waals surface area contributed by atoms with Gasteiger partial charge in [-0.25, -0.2) is 9.97 Å². The number of aryl methyl sites for hydroxylation is 1. The molecule has 176 valence electrons. The molecule has 0 atom stereocenters. The zero-order valence-corrected chi connectivity index (χ0v) is 21.6. The Balaban J connectivity index is 1.54. The van der Waals surface area contributed by atoms with Crippen LogP contribution in [-0.2, 0) is 6.54 Å². The molecule has 0 bridgehead atoms. The van der Waals surface area contributed by atoms with E-state index in [-0.39, 0.29) is 12.5 Å². The van der Waals surface area contributed by atoms with E-state index in [0.717, 1.165) is 42.9 Å². The van der Waals surface area contributed by atoms with Crippen LogP contribution in [0.1, 0.15) is 21.6 Å². The lowest BCUT2D eigenvalue weighted by atomic mass is 10.1. The number of halogens is 1. The smallest absolute Gasteiger partial charge is 0.261 e. The molecule has 0 saturated carbocycles. The third kappa shape index (κ3) is 4.15. The van der Waals surface area contributed by atoms with Gasteiger partial charge in [0.05, 0.1) is 49.1 Å². The standard InChI is InChI=1S/C28H19ClN4OS2/c1-17-11-12-21(29)26-25(17)32-28(36-26)33(16-18-7-4-5-13-30-18)27(34)20-15-23(24-10-6-14-35-24)31-22-9-3-2-8-19(20)22/h2-15H,16H2,1H3. The number of nitrogens with zero attached hydrogens (tertiary/aromatic N) is 4. The normalized spacial score (nSPS) is 11.3. The molecule has 0 unspecified atom stereocenters. The van der Waals surface area contributed by atoms with Crippen LogP contribution in [0.3, 0.4) is 0 Å². The van der Waals surface area contributed by atoms with E-state index in [1.807, 2.05) is 85.1 Å². The molecule has 8 heteroatoms.